The van der Waals surface area contributed by atoms with Gasteiger partial charge in [-0.05, 0) is 13.0 Å². The van der Waals surface area contributed by atoms with Crippen molar-refractivity contribution in [2.45, 2.75) is 32.9 Å². The summed E-state index contributed by atoms with van der Waals surface area (Å²) in [6.07, 6.45) is -4.72. The number of halogens is 3. The van der Waals surface area contributed by atoms with Gasteiger partial charge < -0.3 is 10.4 Å². The maximum Gasteiger partial charge on any atom is 0.389 e. The fourth-order valence-electron chi connectivity index (χ4n) is 0.897. The fourth-order valence-corrected chi connectivity index (χ4v) is 0.897. The molecule has 0 heterocycles. The molecule has 86 valence electrons. The highest BCUT2D eigenvalue weighted by atomic mass is 19.4. The van der Waals surface area contributed by atoms with E-state index in [2.05, 4.69) is 5.32 Å². The molecule has 0 unspecified atom stereocenters. The van der Waals surface area contributed by atoms with Crippen molar-refractivity contribution < 1.29 is 18.3 Å². The first-order valence-corrected chi connectivity index (χ1v) is 4.65. The molecular formula is C9H18F3NO. The van der Waals surface area contributed by atoms with Crippen LogP contribution in [-0.4, -0.2) is 31.0 Å². The summed E-state index contributed by atoms with van der Waals surface area (Å²) < 4.78 is 35.1. The topological polar surface area (TPSA) is 32.3 Å². The molecule has 0 rings (SSSR count). The summed E-state index contributed by atoms with van der Waals surface area (Å²) in [5.74, 6) is 0. The number of aliphatic hydroxyl groups is 1. The molecule has 0 spiro atoms. The van der Waals surface area contributed by atoms with Crippen LogP contribution in [-0.2, 0) is 0 Å². The van der Waals surface area contributed by atoms with Crippen LogP contribution in [0.5, 0.6) is 0 Å². The van der Waals surface area contributed by atoms with Gasteiger partial charge in [-0.2, -0.15) is 13.2 Å². The second-order valence-corrected chi connectivity index (χ2v) is 4.22. The minimum absolute atomic E-state index is 0.0271. The Balaban J connectivity index is 3.39. The first-order chi connectivity index (χ1) is 6.27. The Kier molecular flexibility index (Phi) is 5.44. The van der Waals surface area contributed by atoms with Crippen LogP contribution >= 0.6 is 0 Å². The van der Waals surface area contributed by atoms with Crippen molar-refractivity contribution in [3.63, 3.8) is 0 Å². The lowest BCUT2D eigenvalue weighted by molar-refractivity contribution is -0.135. The first kappa shape index (κ1) is 13.7. The van der Waals surface area contributed by atoms with Crippen molar-refractivity contribution in [2.24, 2.45) is 5.41 Å². The fraction of sp³-hybridized carbons (Fsp3) is 1.00. The van der Waals surface area contributed by atoms with Crippen LogP contribution in [0.4, 0.5) is 13.2 Å². The summed E-state index contributed by atoms with van der Waals surface area (Å²) in [5, 5.41) is 11.7. The third-order valence-electron chi connectivity index (χ3n) is 1.85. The molecular weight excluding hydrogens is 195 g/mol. The van der Waals surface area contributed by atoms with Crippen LogP contribution < -0.4 is 5.32 Å². The van der Waals surface area contributed by atoms with Gasteiger partial charge in [0.15, 0.2) is 0 Å². The van der Waals surface area contributed by atoms with Crippen molar-refractivity contribution >= 4 is 0 Å². The van der Waals surface area contributed by atoms with Crippen LogP contribution in [0.15, 0.2) is 0 Å². The maximum atomic E-state index is 11.7. The van der Waals surface area contributed by atoms with Gasteiger partial charge >= 0.3 is 6.18 Å². The van der Waals surface area contributed by atoms with Gasteiger partial charge in [0.05, 0.1) is 0 Å². The van der Waals surface area contributed by atoms with Crippen molar-refractivity contribution in [3.05, 3.63) is 0 Å². The number of hydrogen-bond acceptors (Lipinski definition) is 2. The average molecular weight is 213 g/mol. The molecule has 14 heavy (non-hydrogen) atoms. The van der Waals surface area contributed by atoms with E-state index < -0.39 is 12.6 Å². The predicted octanol–water partition coefficient (Wildman–Crippen LogP) is 1.94. The molecule has 0 saturated heterocycles. The molecule has 0 bridgehead atoms. The number of nitrogens with one attached hydrogen (secondary N) is 1. The SMILES string of the molecule is CC(C)(CO)CNCCCC(F)(F)F. The van der Waals surface area contributed by atoms with Gasteiger partial charge in [0.2, 0.25) is 0 Å². The van der Waals surface area contributed by atoms with Gasteiger partial charge in [-0.3, -0.25) is 0 Å². The van der Waals surface area contributed by atoms with Crippen molar-refractivity contribution in [1.82, 2.24) is 5.32 Å². The molecule has 0 atom stereocenters. The van der Waals surface area contributed by atoms with E-state index in [9.17, 15) is 13.2 Å². The van der Waals surface area contributed by atoms with E-state index in [1.807, 2.05) is 13.8 Å². The smallest absolute Gasteiger partial charge is 0.389 e. The molecule has 0 amide bonds. The molecule has 0 saturated carbocycles. The first-order valence-electron chi connectivity index (χ1n) is 4.65. The third-order valence-corrected chi connectivity index (χ3v) is 1.85. The van der Waals surface area contributed by atoms with E-state index in [0.717, 1.165) is 0 Å². The summed E-state index contributed by atoms with van der Waals surface area (Å²) in [5.41, 5.74) is -0.266. The lowest BCUT2D eigenvalue weighted by atomic mass is 9.95. The summed E-state index contributed by atoms with van der Waals surface area (Å²) in [6.45, 7) is 4.59. The van der Waals surface area contributed by atoms with Crippen molar-refractivity contribution in [3.8, 4) is 0 Å². The number of aliphatic hydroxyl groups excluding tert-OH is 1. The molecule has 0 aromatic rings. The quantitative estimate of drug-likeness (QED) is 0.661. The monoisotopic (exact) mass is 213 g/mol. The number of alkyl halides is 3. The standard InChI is InChI=1S/C9H18F3NO/c1-8(2,7-14)6-13-5-3-4-9(10,11)12/h13-14H,3-7H2,1-2H3. The molecule has 0 radical (unpaired) electrons. The molecule has 2 N–H and O–H groups in total. The van der Waals surface area contributed by atoms with Crippen LogP contribution in [0.3, 0.4) is 0 Å². The van der Waals surface area contributed by atoms with Gasteiger partial charge in [-0.1, -0.05) is 13.8 Å². The predicted molar refractivity (Wildman–Crippen MR) is 49.0 cm³/mol. The third kappa shape index (κ3) is 8.31. The zero-order valence-corrected chi connectivity index (χ0v) is 8.62. The highest BCUT2D eigenvalue weighted by Crippen LogP contribution is 2.20. The maximum absolute atomic E-state index is 11.7. The minimum Gasteiger partial charge on any atom is -0.396 e. The Morgan fingerprint density at radius 2 is 1.79 bits per heavy atom. The van der Waals surface area contributed by atoms with Gasteiger partial charge in [0, 0.05) is 25.0 Å². The molecule has 0 aliphatic rings. The Labute approximate surface area is 82.5 Å². The summed E-state index contributed by atoms with van der Waals surface area (Å²) >= 11 is 0. The zero-order valence-electron chi connectivity index (χ0n) is 8.62. The second-order valence-electron chi connectivity index (χ2n) is 4.22. The largest absolute Gasteiger partial charge is 0.396 e. The number of rotatable bonds is 6. The van der Waals surface area contributed by atoms with Crippen LogP contribution in [0, 0.1) is 5.41 Å². The van der Waals surface area contributed by atoms with E-state index in [1.165, 1.54) is 0 Å². The average Bonchev–Trinajstić information content (AvgIpc) is 2.01. The van der Waals surface area contributed by atoms with E-state index in [4.69, 9.17) is 5.11 Å². The lowest BCUT2D eigenvalue weighted by Gasteiger charge is -2.21. The normalized spacial score (nSPS) is 13.3. The Bertz CT molecular complexity index is 157. The van der Waals surface area contributed by atoms with E-state index in [-0.39, 0.29) is 18.4 Å². The molecule has 2 nitrogen and oxygen atoms in total. The Morgan fingerprint density at radius 3 is 2.21 bits per heavy atom. The minimum atomic E-state index is -4.06. The van der Waals surface area contributed by atoms with Crippen LogP contribution in [0.2, 0.25) is 0 Å². The van der Waals surface area contributed by atoms with E-state index >= 15 is 0 Å². The van der Waals surface area contributed by atoms with Gasteiger partial charge in [-0.15, -0.1) is 0 Å². The Morgan fingerprint density at radius 1 is 1.21 bits per heavy atom. The molecule has 5 heteroatoms. The van der Waals surface area contributed by atoms with E-state index in [0.29, 0.717) is 13.1 Å². The molecule has 0 aromatic heterocycles. The van der Waals surface area contributed by atoms with Gasteiger partial charge in [0.25, 0.3) is 0 Å². The summed E-state index contributed by atoms with van der Waals surface area (Å²) in [4.78, 5) is 0. The summed E-state index contributed by atoms with van der Waals surface area (Å²) in [7, 11) is 0. The number of hydrogen-bond donors (Lipinski definition) is 2. The molecule has 0 aliphatic carbocycles. The van der Waals surface area contributed by atoms with Gasteiger partial charge in [0.1, 0.15) is 0 Å². The molecule has 0 aromatic carbocycles. The van der Waals surface area contributed by atoms with Crippen molar-refractivity contribution in [1.29, 1.82) is 0 Å². The Hall–Kier alpha value is -0.290. The lowest BCUT2D eigenvalue weighted by Crippen LogP contribution is -2.33. The molecule has 0 aliphatic heterocycles. The van der Waals surface area contributed by atoms with Crippen LogP contribution in [0.25, 0.3) is 0 Å². The zero-order chi connectivity index (χ0) is 11.2. The van der Waals surface area contributed by atoms with Crippen molar-refractivity contribution in [2.75, 3.05) is 19.7 Å². The van der Waals surface area contributed by atoms with Gasteiger partial charge in [-0.25, -0.2) is 0 Å². The molecule has 0 fully saturated rings. The van der Waals surface area contributed by atoms with Crippen LogP contribution in [0.1, 0.15) is 26.7 Å². The second kappa shape index (κ2) is 5.56. The summed E-state index contributed by atoms with van der Waals surface area (Å²) in [6, 6.07) is 0. The highest BCUT2D eigenvalue weighted by Gasteiger charge is 2.26. The van der Waals surface area contributed by atoms with E-state index in [1.54, 1.807) is 0 Å². The highest BCUT2D eigenvalue weighted by molar-refractivity contribution is 4.69.